The van der Waals surface area contributed by atoms with Crippen molar-refractivity contribution in [2.24, 2.45) is 5.41 Å². The molecule has 0 spiro atoms. The molecular weight excluding hydrogens is 180 g/mol. The van der Waals surface area contributed by atoms with Crippen molar-refractivity contribution in [2.75, 3.05) is 0 Å². The van der Waals surface area contributed by atoms with Crippen LogP contribution in [0.3, 0.4) is 0 Å². The Morgan fingerprint density at radius 2 is 2.29 bits per heavy atom. The lowest BCUT2D eigenvalue weighted by atomic mass is 9.86. The van der Waals surface area contributed by atoms with E-state index in [0.717, 1.165) is 13.0 Å². The van der Waals surface area contributed by atoms with Gasteiger partial charge in [-0.05, 0) is 17.9 Å². The third-order valence-corrected chi connectivity index (χ3v) is 2.21. The highest BCUT2D eigenvalue weighted by molar-refractivity contribution is 5.67. The molecule has 0 aliphatic carbocycles. The number of carboxylic acids is 1. The second kappa shape index (κ2) is 4.26. The van der Waals surface area contributed by atoms with Crippen molar-refractivity contribution in [1.82, 2.24) is 9.78 Å². The summed E-state index contributed by atoms with van der Waals surface area (Å²) in [5, 5.41) is 12.8. The molecule has 0 amide bonds. The van der Waals surface area contributed by atoms with Crippen molar-refractivity contribution in [3.05, 3.63) is 18.5 Å². The van der Waals surface area contributed by atoms with Crippen LogP contribution in [-0.4, -0.2) is 20.9 Å². The predicted molar refractivity (Wildman–Crippen MR) is 52.9 cm³/mol. The number of aryl methyl sites for hydroxylation is 1. The summed E-state index contributed by atoms with van der Waals surface area (Å²) < 4.78 is 1.82. The van der Waals surface area contributed by atoms with Gasteiger partial charge in [0.1, 0.15) is 0 Å². The van der Waals surface area contributed by atoms with E-state index in [4.69, 9.17) is 5.11 Å². The molecule has 0 saturated heterocycles. The Morgan fingerprint density at radius 3 is 2.79 bits per heavy atom. The highest BCUT2D eigenvalue weighted by Crippen LogP contribution is 2.25. The second-order valence-electron chi connectivity index (χ2n) is 4.25. The molecule has 0 fully saturated rings. The Morgan fingerprint density at radius 1 is 1.57 bits per heavy atom. The molecule has 4 heteroatoms. The summed E-state index contributed by atoms with van der Waals surface area (Å²) in [4.78, 5) is 10.6. The third-order valence-electron chi connectivity index (χ3n) is 2.21. The van der Waals surface area contributed by atoms with E-state index >= 15 is 0 Å². The maximum absolute atomic E-state index is 10.6. The van der Waals surface area contributed by atoms with E-state index < -0.39 is 5.97 Å². The summed E-state index contributed by atoms with van der Waals surface area (Å²) in [6.45, 7) is 4.70. The van der Waals surface area contributed by atoms with Crippen LogP contribution in [0.25, 0.3) is 0 Å². The SMILES string of the molecule is CC(C)(CCn1cccn1)CC(=O)O. The number of aliphatic carboxylic acids is 1. The van der Waals surface area contributed by atoms with E-state index in [1.807, 2.05) is 30.8 Å². The number of aromatic nitrogens is 2. The predicted octanol–water partition coefficient (Wildman–Crippen LogP) is 1.77. The molecule has 0 unspecified atom stereocenters. The highest BCUT2D eigenvalue weighted by atomic mass is 16.4. The molecule has 0 aliphatic rings. The second-order valence-corrected chi connectivity index (χ2v) is 4.25. The van der Waals surface area contributed by atoms with Crippen LogP contribution >= 0.6 is 0 Å². The number of hydrogen-bond donors (Lipinski definition) is 1. The molecule has 1 aromatic heterocycles. The van der Waals surface area contributed by atoms with Gasteiger partial charge in [-0.2, -0.15) is 5.10 Å². The lowest BCUT2D eigenvalue weighted by Crippen LogP contribution is -2.19. The summed E-state index contributed by atoms with van der Waals surface area (Å²) in [7, 11) is 0. The van der Waals surface area contributed by atoms with Crippen LogP contribution in [0.2, 0.25) is 0 Å². The fourth-order valence-corrected chi connectivity index (χ4v) is 1.35. The average Bonchev–Trinajstić information content (AvgIpc) is 2.50. The van der Waals surface area contributed by atoms with Gasteiger partial charge >= 0.3 is 5.97 Å². The molecular formula is C10H16N2O2. The maximum Gasteiger partial charge on any atom is 0.303 e. The van der Waals surface area contributed by atoms with Gasteiger partial charge in [0.2, 0.25) is 0 Å². The first-order chi connectivity index (χ1) is 6.49. The summed E-state index contributed by atoms with van der Waals surface area (Å²) in [5.41, 5.74) is -0.169. The number of hydrogen-bond acceptors (Lipinski definition) is 2. The number of carbonyl (C=O) groups is 1. The van der Waals surface area contributed by atoms with E-state index in [-0.39, 0.29) is 11.8 Å². The minimum atomic E-state index is -0.740. The maximum atomic E-state index is 10.6. The van der Waals surface area contributed by atoms with Crippen molar-refractivity contribution in [3.8, 4) is 0 Å². The monoisotopic (exact) mass is 196 g/mol. The standard InChI is InChI=1S/C10H16N2O2/c1-10(2,8-9(13)14)4-7-12-6-3-5-11-12/h3,5-6H,4,7-8H2,1-2H3,(H,13,14). The molecule has 0 bridgehead atoms. The first kappa shape index (κ1) is 10.8. The number of carboxylic acid groups (broad SMARTS) is 1. The molecule has 1 rings (SSSR count). The first-order valence-corrected chi connectivity index (χ1v) is 4.69. The quantitative estimate of drug-likeness (QED) is 0.780. The molecule has 1 N–H and O–H groups in total. The van der Waals surface area contributed by atoms with E-state index in [9.17, 15) is 4.79 Å². The molecule has 1 aromatic rings. The van der Waals surface area contributed by atoms with Gasteiger partial charge in [-0.1, -0.05) is 13.8 Å². The van der Waals surface area contributed by atoms with Gasteiger partial charge < -0.3 is 5.11 Å². The minimum absolute atomic E-state index is 0.169. The number of rotatable bonds is 5. The Hall–Kier alpha value is -1.32. The van der Waals surface area contributed by atoms with Crippen molar-refractivity contribution in [3.63, 3.8) is 0 Å². The van der Waals surface area contributed by atoms with E-state index in [0.29, 0.717) is 0 Å². The lowest BCUT2D eigenvalue weighted by Gasteiger charge is -2.21. The van der Waals surface area contributed by atoms with Gasteiger partial charge in [0, 0.05) is 18.9 Å². The van der Waals surface area contributed by atoms with Crippen LogP contribution < -0.4 is 0 Å². The normalized spacial score (nSPS) is 11.6. The molecule has 0 aliphatic heterocycles. The first-order valence-electron chi connectivity index (χ1n) is 4.69. The average molecular weight is 196 g/mol. The van der Waals surface area contributed by atoms with Crippen molar-refractivity contribution in [1.29, 1.82) is 0 Å². The smallest absolute Gasteiger partial charge is 0.303 e. The fourth-order valence-electron chi connectivity index (χ4n) is 1.35. The van der Waals surface area contributed by atoms with Crippen molar-refractivity contribution in [2.45, 2.75) is 33.2 Å². The molecule has 0 saturated carbocycles. The molecule has 4 nitrogen and oxygen atoms in total. The Balaban J connectivity index is 2.40. The van der Waals surface area contributed by atoms with Gasteiger partial charge in [0.05, 0.1) is 6.42 Å². The molecule has 0 atom stereocenters. The zero-order chi connectivity index (χ0) is 10.6. The summed E-state index contributed by atoms with van der Waals surface area (Å²) in [6, 6.07) is 1.87. The number of nitrogens with zero attached hydrogens (tertiary/aromatic N) is 2. The zero-order valence-corrected chi connectivity index (χ0v) is 8.60. The fraction of sp³-hybridized carbons (Fsp3) is 0.600. The van der Waals surface area contributed by atoms with Crippen molar-refractivity contribution >= 4 is 5.97 Å². The van der Waals surface area contributed by atoms with Gasteiger partial charge in [-0.3, -0.25) is 9.48 Å². The van der Waals surface area contributed by atoms with E-state index in [1.165, 1.54) is 0 Å². The topological polar surface area (TPSA) is 55.1 Å². The van der Waals surface area contributed by atoms with Gasteiger partial charge in [0.15, 0.2) is 0 Å². The summed E-state index contributed by atoms with van der Waals surface area (Å²) in [5.74, 6) is -0.740. The minimum Gasteiger partial charge on any atom is -0.481 e. The van der Waals surface area contributed by atoms with Crippen LogP contribution in [0.5, 0.6) is 0 Å². The van der Waals surface area contributed by atoms with Crippen molar-refractivity contribution < 1.29 is 9.90 Å². The van der Waals surface area contributed by atoms with Gasteiger partial charge in [-0.15, -0.1) is 0 Å². The molecule has 78 valence electrons. The Labute approximate surface area is 83.5 Å². The molecule has 1 heterocycles. The zero-order valence-electron chi connectivity index (χ0n) is 8.60. The Bertz CT molecular complexity index is 291. The van der Waals surface area contributed by atoms with E-state index in [2.05, 4.69) is 5.10 Å². The summed E-state index contributed by atoms with van der Waals surface area (Å²) >= 11 is 0. The summed E-state index contributed by atoms with van der Waals surface area (Å²) in [6.07, 6.45) is 4.64. The van der Waals surface area contributed by atoms with Gasteiger partial charge in [0.25, 0.3) is 0 Å². The van der Waals surface area contributed by atoms with Crippen LogP contribution in [0, 0.1) is 5.41 Å². The van der Waals surface area contributed by atoms with Crippen LogP contribution in [-0.2, 0) is 11.3 Å². The van der Waals surface area contributed by atoms with Crippen LogP contribution in [0.4, 0.5) is 0 Å². The van der Waals surface area contributed by atoms with Crippen LogP contribution in [0.1, 0.15) is 26.7 Å². The van der Waals surface area contributed by atoms with Gasteiger partial charge in [-0.25, -0.2) is 0 Å². The highest BCUT2D eigenvalue weighted by Gasteiger charge is 2.21. The van der Waals surface area contributed by atoms with E-state index in [1.54, 1.807) is 6.20 Å². The lowest BCUT2D eigenvalue weighted by molar-refractivity contribution is -0.139. The van der Waals surface area contributed by atoms with Crippen LogP contribution in [0.15, 0.2) is 18.5 Å². The molecule has 0 radical (unpaired) electrons. The third kappa shape index (κ3) is 3.60. The molecule has 0 aromatic carbocycles. The Kier molecular flexibility index (Phi) is 3.28. The largest absolute Gasteiger partial charge is 0.481 e. The molecule has 14 heavy (non-hydrogen) atoms.